The van der Waals surface area contributed by atoms with Crippen LogP contribution in [-0.2, 0) is 11.2 Å². The second-order valence-electron chi connectivity index (χ2n) is 9.01. The van der Waals surface area contributed by atoms with Crippen molar-refractivity contribution in [2.45, 2.75) is 91.0 Å². The zero-order chi connectivity index (χ0) is 21.1. The highest BCUT2D eigenvalue weighted by atomic mass is 16.5. The van der Waals surface area contributed by atoms with Gasteiger partial charge in [0.25, 0.3) is 0 Å². The molecule has 2 aromatic rings. The summed E-state index contributed by atoms with van der Waals surface area (Å²) in [7, 11) is 0. The zero-order valence-electron chi connectivity index (χ0n) is 18.6. The Bertz CT molecular complexity index is 885. The number of carbonyl (C=O) groups is 1. The molecular weight excluding hydrogens is 376 g/mol. The summed E-state index contributed by atoms with van der Waals surface area (Å²) < 4.78 is 5.68. The quantitative estimate of drug-likeness (QED) is 0.643. The number of aromatic nitrogens is 3. The highest BCUT2D eigenvalue weighted by Crippen LogP contribution is 2.38. The van der Waals surface area contributed by atoms with Crippen LogP contribution in [0.5, 0.6) is 0 Å². The molecule has 2 aliphatic rings. The summed E-state index contributed by atoms with van der Waals surface area (Å²) >= 11 is 0. The van der Waals surface area contributed by atoms with Crippen LogP contribution in [0.3, 0.4) is 0 Å². The van der Waals surface area contributed by atoms with Gasteiger partial charge in [-0.25, -0.2) is 9.97 Å². The molecule has 1 amide bonds. The van der Waals surface area contributed by atoms with Gasteiger partial charge in [0.2, 0.25) is 5.91 Å². The van der Waals surface area contributed by atoms with Gasteiger partial charge >= 0.3 is 0 Å². The van der Waals surface area contributed by atoms with Crippen LogP contribution in [0, 0.1) is 19.8 Å². The van der Waals surface area contributed by atoms with E-state index in [0.717, 1.165) is 72.7 Å². The first-order valence-electron chi connectivity index (χ1n) is 11.7. The minimum atomic E-state index is -0.00827. The lowest BCUT2D eigenvalue weighted by atomic mass is 9.93. The molecule has 2 fully saturated rings. The SMILES string of the molecule is CCCc1ncc(-c2onc(C)c2C)c(C2CCCCN2C(=O)CC2CCCC2)n1. The molecule has 0 aromatic carbocycles. The summed E-state index contributed by atoms with van der Waals surface area (Å²) in [5.41, 5.74) is 3.72. The third-order valence-corrected chi connectivity index (χ3v) is 6.82. The molecule has 30 heavy (non-hydrogen) atoms. The molecule has 0 spiro atoms. The first-order chi connectivity index (χ1) is 14.6. The Labute approximate surface area is 179 Å². The number of carbonyl (C=O) groups excluding carboxylic acids is 1. The molecule has 1 saturated carbocycles. The van der Waals surface area contributed by atoms with Crippen molar-refractivity contribution in [3.63, 3.8) is 0 Å². The van der Waals surface area contributed by atoms with Crippen molar-refractivity contribution >= 4 is 5.91 Å². The molecule has 1 aliphatic carbocycles. The van der Waals surface area contributed by atoms with E-state index >= 15 is 0 Å². The van der Waals surface area contributed by atoms with Crippen molar-refractivity contribution < 1.29 is 9.32 Å². The van der Waals surface area contributed by atoms with Gasteiger partial charge in [0.1, 0.15) is 5.82 Å². The normalized spacial score (nSPS) is 20.1. The summed E-state index contributed by atoms with van der Waals surface area (Å²) in [6.45, 7) is 6.93. The maximum atomic E-state index is 13.3. The predicted octanol–water partition coefficient (Wildman–Crippen LogP) is 5.33. The third-order valence-electron chi connectivity index (χ3n) is 6.82. The molecule has 1 atom stereocenters. The molecule has 6 heteroatoms. The molecule has 0 bridgehead atoms. The van der Waals surface area contributed by atoms with Gasteiger partial charge in [-0.1, -0.05) is 24.9 Å². The molecule has 6 nitrogen and oxygen atoms in total. The standard InChI is InChI=1S/C24H34N4O2/c1-4-9-21-25-15-19(24-16(2)17(3)27-30-24)23(26-21)20-12-7-8-13-28(20)22(29)14-18-10-5-6-11-18/h15,18,20H,4-14H2,1-3H3. The van der Waals surface area contributed by atoms with Crippen molar-refractivity contribution in [3.8, 4) is 11.3 Å². The van der Waals surface area contributed by atoms with Crippen molar-refractivity contribution in [2.24, 2.45) is 5.92 Å². The van der Waals surface area contributed by atoms with Crippen molar-refractivity contribution in [1.29, 1.82) is 0 Å². The first kappa shape index (κ1) is 21.0. The van der Waals surface area contributed by atoms with Crippen LogP contribution >= 0.6 is 0 Å². The molecule has 3 heterocycles. The number of hydrogen-bond acceptors (Lipinski definition) is 5. The minimum absolute atomic E-state index is 0.00827. The van der Waals surface area contributed by atoms with E-state index < -0.39 is 0 Å². The van der Waals surface area contributed by atoms with Gasteiger partial charge in [-0.15, -0.1) is 0 Å². The van der Waals surface area contributed by atoms with Crippen LogP contribution in [0.2, 0.25) is 0 Å². The highest BCUT2D eigenvalue weighted by molar-refractivity contribution is 5.77. The molecule has 1 aliphatic heterocycles. The van der Waals surface area contributed by atoms with Crippen LogP contribution in [0.15, 0.2) is 10.7 Å². The lowest BCUT2D eigenvalue weighted by molar-refractivity contribution is -0.136. The molecule has 1 unspecified atom stereocenters. The lowest BCUT2D eigenvalue weighted by Crippen LogP contribution is -2.39. The Balaban J connectivity index is 1.70. The van der Waals surface area contributed by atoms with Crippen LogP contribution < -0.4 is 0 Å². The van der Waals surface area contributed by atoms with Gasteiger partial charge < -0.3 is 9.42 Å². The van der Waals surface area contributed by atoms with Crippen molar-refractivity contribution in [2.75, 3.05) is 6.54 Å². The number of rotatable bonds is 6. The number of hydrogen-bond donors (Lipinski definition) is 0. The van der Waals surface area contributed by atoms with Gasteiger partial charge in [0.15, 0.2) is 5.76 Å². The fourth-order valence-corrected chi connectivity index (χ4v) is 4.97. The van der Waals surface area contributed by atoms with Gasteiger partial charge in [0.05, 0.1) is 23.0 Å². The monoisotopic (exact) mass is 410 g/mol. The number of nitrogens with zero attached hydrogens (tertiary/aromatic N) is 4. The Morgan fingerprint density at radius 3 is 2.63 bits per heavy atom. The Morgan fingerprint density at radius 1 is 1.17 bits per heavy atom. The number of amides is 1. The van der Waals surface area contributed by atoms with E-state index in [2.05, 4.69) is 22.0 Å². The van der Waals surface area contributed by atoms with Gasteiger partial charge in [-0.2, -0.15) is 0 Å². The first-order valence-corrected chi connectivity index (χ1v) is 11.7. The van der Waals surface area contributed by atoms with E-state index in [0.29, 0.717) is 18.2 Å². The van der Waals surface area contributed by atoms with E-state index in [1.165, 1.54) is 25.7 Å². The maximum Gasteiger partial charge on any atom is 0.223 e. The largest absolute Gasteiger partial charge is 0.356 e. The van der Waals surface area contributed by atoms with Crippen molar-refractivity contribution in [1.82, 2.24) is 20.0 Å². The Kier molecular flexibility index (Phi) is 6.49. The molecule has 2 aromatic heterocycles. The lowest BCUT2D eigenvalue weighted by Gasteiger charge is -2.36. The fraction of sp³-hybridized carbons (Fsp3) is 0.667. The van der Waals surface area contributed by atoms with Gasteiger partial charge in [-0.3, -0.25) is 4.79 Å². The summed E-state index contributed by atoms with van der Waals surface area (Å²) in [5, 5.41) is 4.15. The second-order valence-corrected chi connectivity index (χ2v) is 9.01. The smallest absolute Gasteiger partial charge is 0.223 e. The van der Waals surface area contributed by atoms with E-state index in [9.17, 15) is 4.79 Å². The number of likely N-dealkylation sites (tertiary alicyclic amines) is 1. The van der Waals surface area contributed by atoms with E-state index in [-0.39, 0.29) is 6.04 Å². The number of aryl methyl sites for hydroxylation is 2. The van der Waals surface area contributed by atoms with Crippen LogP contribution in [0.4, 0.5) is 0 Å². The van der Waals surface area contributed by atoms with Crippen LogP contribution in [0.1, 0.15) is 93.5 Å². The van der Waals surface area contributed by atoms with Crippen molar-refractivity contribution in [3.05, 3.63) is 29.0 Å². The van der Waals surface area contributed by atoms with E-state index in [1.807, 2.05) is 20.0 Å². The molecule has 162 valence electrons. The molecule has 0 N–H and O–H groups in total. The summed E-state index contributed by atoms with van der Waals surface area (Å²) in [6, 6.07) is -0.00827. The Morgan fingerprint density at radius 2 is 1.93 bits per heavy atom. The third kappa shape index (κ3) is 4.28. The zero-order valence-corrected chi connectivity index (χ0v) is 18.6. The summed E-state index contributed by atoms with van der Waals surface area (Å²) in [6.07, 6.45) is 12.4. The van der Waals surface area contributed by atoms with Gasteiger partial charge in [0, 0.05) is 31.1 Å². The van der Waals surface area contributed by atoms with Crippen LogP contribution in [-0.4, -0.2) is 32.5 Å². The van der Waals surface area contributed by atoms with Crippen LogP contribution in [0.25, 0.3) is 11.3 Å². The Hall–Kier alpha value is -2.24. The summed E-state index contributed by atoms with van der Waals surface area (Å²) in [4.78, 5) is 25.0. The molecule has 4 rings (SSSR count). The number of piperidine rings is 1. The topological polar surface area (TPSA) is 72.1 Å². The maximum absolute atomic E-state index is 13.3. The molecule has 0 radical (unpaired) electrons. The highest BCUT2D eigenvalue weighted by Gasteiger charge is 2.33. The summed E-state index contributed by atoms with van der Waals surface area (Å²) in [5.74, 6) is 2.43. The second kappa shape index (κ2) is 9.27. The molecular formula is C24H34N4O2. The van der Waals surface area contributed by atoms with Gasteiger partial charge in [-0.05, 0) is 58.3 Å². The molecule has 1 saturated heterocycles. The minimum Gasteiger partial charge on any atom is -0.356 e. The average molecular weight is 411 g/mol. The predicted molar refractivity (Wildman–Crippen MR) is 116 cm³/mol. The fourth-order valence-electron chi connectivity index (χ4n) is 4.97. The average Bonchev–Trinajstić information content (AvgIpc) is 3.38. The van der Waals surface area contributed by atoms with E-state index in [1.54, 1.807) is 0 Å². The van der Waals surface area contributed by atoms with E-state index in [4.69, 9.17) is 9.51 Å².